The van der Waals surface area contributed by atoms with Gasteiger partial charge in [0.1, 0.15) is 0 Å². The van der Waals surface area contributed by atoms with Crippen LogP contribution < -0.4 is 10.7 Å². The maximum atomic E-state index is 12.2. The van der Waals surface area contributed by atoms with E-state index in [-0.39, 0.29) is 30.8 Å². The van der Waals surface area contributed by atoms with Crippen LogP contribution >= 0.6 is 0 Å². The highest BCUT2D eigenvalue weighted by Gasteiger charge is 2.29. The number of aromatic amines is 2. The molecule has 0 radical (unpaired) electrons. The van der Waals surface area contributed by atoms with Crippen molar-refractivity contribution in [3.05, 3.63) is 97.6 Å². The number of esters is 2. The standard InChI is InChI=1S/C36H40N4O4/c1-9-23-19(3)27-15-28-21(5)25(11-13-35(41)43-7)33(39-28)18-34-26(12-14-36(42)44-8)22(6)30(40-34)17-32-24(10-2)20(4)29(38-32)16-31(23)37-27/h9-10,15-17,33,38,40H,1-2,11-14,18H2,3-8H3/b27-15-,29-16?,32-17-. The van der Waals surface area contributed by atoms with Gasteiger partial charge in [-0.1, -0.05) is 25.3 Å². The number of ether oxygens (including phenoxy) is 2. The van der Waals surface area contributed by atoms with Gasteiger partial charge in [-0.3, -0.25) is 14.6 Å². The first kappa shape index (κ1) is 30.7. The molecule has 2 aromatic rings. The minimum absolute atomic E-state index is 0.190. The van der Waals surface area contributed by atoms with Crippen LogP contribution in [0.1, 0.15) is 66.8 Å². The van der Waals surface area contributed by atoms with Crippen molar-refractivity contribution < 1.29 is 19.1 Å². The molecular formula is C36H40N4O4. The average Bonchev–Trinajstić information content (AvgIpc) is 3.67. The Morgan fingerprint density at radius 1 is 0.886 bits per heavy atom. The lowest BCUT2D eigenvalue weighted by atomic mass is 9.93. The Labute approximate surface area is 258 Å². The molecule has 5 rings (SSSR count). The van der Waals surface area contributed by atoms with Crippen LogP contribution in [0, 0.1) is 13.8 Å². The average molecular weight is 593 g/mol. The quantitative estimate of drug-likeness (QED) is 0.429. The van der Waals surface area contributed by atoms with E-state index in [0.717, 1.165) is 83.8 Å². The molecule has 44 heavy (non-hydrogen) atoms. The summed E-state index contributed by atoms with van der Waals surface area (Å²) in [4.78, 5) is 41.8. The summed E-state index contributed by atoms with van der Waals surface area (Å²) in [6.07, 6.45) is 12.1. The Hall–Kier alpha value is -4.72. The van der Waals surface area contributed by atoms with E-state index in [2.05, 4.69) is 63.0 Å². The summed E-state index contributed by atoms with van der Waals surface area (Å²) < 4.78 is 9.92. The Balaban J connectivity index is 1.76. The number of aliphatic imine (C=N–C) groups is 2. The predicted molar refractivity (Wildman–Crippen MR) is 176 cm³/mol. The molecule has 2 N–H and O–H groups in total. The zero-order valence-corrected chi connectivity index (χ0v) is 26.4. The summed E-state index contributed by atoms with van der Waals surface area (Å²) in [5.41, 5.74) is 12.8. The van der Waals surface area contributed by atoms with E-state index >= 15 is 0 Å². The normalized spacial score (nSPS) is 19.4. The number of carbonyl (C=O) groups excluding carboxylic acids is 2. The van der Waals surface area contributed by atoms with Gasteiger partial charge in [-0.25, -0.2) is 4.99 Å². The molecule has 3 aliphatic rings. The third-order valence-electron chi connectivity index (χ3n) is 9.02. The first-order valence-corrected chi connectivity index (χ1v) is 14.9. The third kappa shape index (κ3) is 5.64. The van der Waals surface area contributed by atoms with Crippen molar-refractivity contribution in [3.8, 4) is 0 Å². The molecule has 8 nitrogen and oxygen atoms in total. The van der Waals surface area contributed by atoms with Crippen LogP contribution in [-0.2, 0) is 31.9 Å². The molecule has 0 saturated carbocycles. The van der Waals surface area contributed by atoms with Crippen molar-refractivity contribution in [3.63, 3.8) is 0 Å². The molecule has 1 atom stereocenters. The lowest BCUT2D eigenvalue weighted by Gasteiger charge is -2.14. The Morgan fingerprint density at radius 3 is 2.25 bits per heavy atom. The summed E-state index contributed by atoms with van der Waals surface area (Å²) in [5.74, 6) is -0.510. The van der Waals surface area contributed by atoms with Gasteiger partial charge in [0.25, 0.3) is 0 Å². The lowest BCUT2D eigenvalue weighted by molar-refractivity contribution is -0.141. The topological polar surface area (TPSA) is 109 Å². The second kappa shape index (κ2) is 12.5. The molecule has 3 aliphatic heterocycles. The highest BCUT2D eigenvalue weighted by Crippen LogP contribution is 2.34. The number of hydrogen-bond acceptors (Lipinski definition) is 6. The molecule has 0 amide bonds. The minimum Gasteiger partial charge on any atom is -0.469 e. The maximum Gasteiger partial charge on any atom is 0.305 e. The van der Waals surface area contributed by atoms with E-state index in [1.54, 1.807) is 0 Å². The number of carbonyl (C=O) groups is 2. The van der Waals surface area contributed by atoms with Gasteiger partial charge >= 0.3 is 11.9 Å². The molecule has 2 aromatic heterocycles. The number of nitrogens with zero attached hydrogens (tertiary/aromatic N) is 2. The maximum absolute atomic E-state index is 12.2. The third-order valence-corrected chi connectivity index (χ3v) is 9.02. The van der Waals surface area contributed by atoms with E-state index in [1.807, 2.05) is 18.2 Å². The van der Waals surface area contributed by atoms with Crippen LogP contribution in [0.4, 0.5) is 0 Å². The molecular weight excluding hydrogens is 552 g/mol. The van der Waals surface area contributed by atoms with Crippen molar-refractivity contribution in [2.45, 2.75) is 65.8 Å². The van der Waals surface area contributed by atoms with E-state index < -0.39 is 0 Å². The van der Waals surface area contributed by atoms with Crippen molar-refractivity contribution >= 4 is 41.6 Å². The van der Waals surface area contributed by atoms with Gasteiger partial charge in [-0.2, -0.15) is 0 Å². The molecule has 0 spiro atoms. The second-order valence-corrected chi connectivity index (χ2v) is 11.4. The van der Waals surface area contributed by atoms with Crippen molar-refractivity contribution in [2.24, 2.45) is 9.98 Å². The fourth-order valence-electron chi connectivity index (χ4n) is 6.36. The van der Waals surface area contributed by atoms with Gasteiger partial charge in [-0.15, -0.1) is 0 Å². The highest BCUT2D eigenvalue weighted by molar-refractivity contribution is 6.25. The van der Waals surface area contributed by atoms with Gasteiger partial charge in [0.2, 0.25) is 0 Å². The van der Waals surface area contributed by atoms with E-state index in [1.165, 1.54) is 14.2 Å². The molecule has 8 bridgehead atoms. The van der Waals surface area contributed by atoms with Crippen LogP contribution in [0.2, 0.25) is 0 Å². The largest absolute Gasteiger partial charge is 0.469 e. The first-order valence-electron chi connectivity index (χ1n) is 14.9. The number of hydrogen-bond donors (Lipinski definition) is 2. The second-order valence-electron chi connectivity index (χ2n) is 11.4. The predicted octanol–water partition coefficient (Wildman–Crippen LogP) is 4.81. The van der Waals surface area contributed by atoms with Crippen LogP contribution in [0.25, 0.3) is 18.2 Å². The molecule has 0 aromatic carbocycles. The van der Waals surface area contributed by atoms with Crippen molar-refractivity contribution in [1.82, 2.24) is 9.97 Å². The molecule has 1 unspecified atom stereocenters. The number of rotatable bonds is 8. The number of H-pyrrole nitrogens is 2. The smallest absolute Gasteiger partial charge is 0.305 e. The fourth-order valence-corrected chi connectivity index (χ4v) is 6.36. The molecule has 0 aliphatic carbocycles. The number of fused-ring (bicyclic) bond motifs is 6. The summed E-state index contributed by atoms with van der Waals surface area (Å²) >= 11 is 0. The van der Waals surface area contributed by atoms with E-state index in [4.69, 9.17) is 19.5 Å². The number of methoxy groups -OCH3 is 2. The van der Waals surface area contributed by atoms with Crippen LogP contribution in [0.15, 0.2) is 63.3 Å². The van der Waals surface area contributed by atoms with E-state index in [9.17, 15) is 9.59 Å². The zero-order valence-electron chi connectivity index (χ0n) is 26.4. The number of allylic oxidation sites excluding steroid dienone is 5. The van der Waals surface area contributed by atoms with Crippen LogP contribution in [0.3, 0.4) is 0 Å². The summed E-state index contributed by atoms with van der Waals surface area (Å²) in [6.45, 7) is 16.4. The first-order chi connectivity index (χ1) is 21.1. The zero-order chi connectivity index (χ0) is 31.7. The van der Waals surface area contributed by atoms with Gasteiger partial charge in [0.15, 0.2) is 0 Å². The monoisotopic (exact) mass is 592 g/mol. The highest BCUT2D eigenvalue weighted by atomic mass is 16.5. The summed E-state index contributed by atoms with van der Waals surface area (Å²) in [5, 5.41) is 1.87. The number of nitrogens with one attached hydrogen (secondary N) is 2. The van der Waals surface area contributed by atoms with Crippen molar-refractivity contribution in [2.75, 3.05) is 14.2 Å². The SMILES string of the molecule is C=CC1=C(C)/C2=C/C3=NC(Cc4[nH]c(c(C)c4CCC(=O)OC)/C=c4\[nH]c(c(C)c4C=C)=CC1=N2)C(CCC(=O)OC)=C3C. The summed E-state index contributed by atoms with van der Waals surface area (Å²) in [7, 11) is 2.82. The fraction of sp³-hybridized carbons (Fsp3) is 0.333. The molecule has 0 fully saturated rings. The van der Waals surface area contributed by atoms with Gasteiger partial charge < -0.3 is 19.4 Å². The van der Waals surface area contributed by atoms with E-state index in [0.29, 0.717) is 19.3 Å². The Morgan fingerprint density at radius 2 is 1.59 bits per heavy atom. The number of aromatic nitrogens is 2. The molecule has 228 valence electrons. The van der Waals surface area contributed by atoms with Crippen LogP contribution in [0.5, 0.6) is 0 Å². The lowest BCUT2D eigenvalue weighted by Crippen LogP contribution is -2.14. The van der Waals surface area contributed by atoms with Gasteiger partial charge in [0, 0.05) is 52.5 Å². The summed E-state index contributed by atoms with van der Waals surface area (Å²) in [6, 6.07) is -0.190. The Bertz CT molecular complexity index is 1870. The van der Waals surface area contributed by atoms with Gasteiger partial charge in [0.05, 0.1) is 37.4 Å². The minimum atomic E-state index is -0.256. The molecule has 5 heterocycles. The van der Waals surface area contributed by atoms with Gasteiger partial charge in [-0.05, 0) is 92.2 Å². The Kier molecular flexibility index (Phi) is 8.72. The van der Waals surface area contributed by atoms with Crippen LogP contribution in [-0.4, -0.2) is 53.6 Å². The van der Waals surface area contributed by atoms with Crippen molar-refractivity contribution in [1.29, 1.82) is 0 Å². The molecule has 0 saturated heterocycles. The molecule has 8 heteroatoms.